The average molecular weight is 519 g/mol. The van der Waals surface area contributed by atoms with Crippen molar-refractivity contribution in [2.75, 3.05) is 11.5 Å². The quantitative estimate of drug-likeness (QED) is 0.307. The molecule has 2 aromatic heterocycles. The lowest BCUT2D eigenvalue weighted by Gasteiger charge is -2.29. The SMILES string of the molecule is CCOc1ccc(N2C(=S)N[C@@H](c3ccccn3)[C@@H]2c2cccn2-c2ccc(Br)cc2)cc1. The first-order valence-electron chi connectivity index (χ1n) is 10.8. The number of nitrogens with zero attached hydrogens (tertiary/aromatic N) is 3. The van der Waals surface area contributed by atoms with Gasteiger partial charge in [-0.15, -0.1) is 0 Å². The molecule has 1 saturated heterocycles. The number of hydrogen-bond donors (Lipinski definition) is 1. The van der Waals surface area contributed by atoms with E-state index < -0.39 is 0 Å². The molecule has 0 bridgehead atoms. The standard InChI is InChI=1S/C26H23BrN4OS/c1-2-32-21-14-12-20(13-15-21)31-25(24(29-26(31)33)22-6-3-4-16-28-22)23-7-5-17-30(23)19-10-8-18(27)9-11-19/h3-17,24-25H,2H2,1H3,(H,29,33)/t24-,25-/m0/s1. The van der Waals surface area contributed by atoms with Crippen molar-refractivity contribution in [3.63, 3.8) is 0 Å². The van der Waals surface area contributed by atoms with Crippen LogP contribution in [-0.2, 0) is 0 Å². The van der Waals surface area contributed by atoms with Crippen LogP contribution in [0.15, 0.2) is 95.7 Å². The van der Waals surface area contributed by atoms with E-state index in [9.17, 15) is 0 Å². The number of aromatic nitrogens is 2. The predicted molar refractivity (Wildman–Crippen MR) is 139 cm³/mol. The lowest BCUT2D eigenvalue weighted by molar-refractivity contribution is 0.340. The molecule has 5 nitrogen and oxygen atoms in total. The minimum Gasteiger partial charge on any atom is -0.494 e. The second kappa shape index (κ2) is 9.37. The van der Waals surface area contributed by atoms with Crippen LogP contribution >= 0.6 is 28.1 Å². The Labute approximate surface area is 207 Å². The first kappa shape index (κ1) is 21.7. The number of hydrogen-bond acceptors (Lipinski definition) is 3. The molecule has 5 rings (SSSR count). The fourth-order valence-electron chi connectivity index (χ4n) is 4.28. The highest BCUT2D eigenvalue weighted by Gasteiger charge is 2.42. The van der Waals surface area contributed by atoms with Crippen molar-refractivity contribution in [3.8, 4) is 11.4 Å². The molecule has 0 amide bonds. The summed E-state index contributed by atoms with van der Waals surface area (Å²) in [4.78, 5) is 6.83. The van der Waals surface area contributed by atoms with E-state index in [1.807, 2.05) is 43.5 Å². The largest absolute Gasteiger partial charge is 0.494 e. The molecule has 1 aliphatic heterocycles. The molecule has 0 spiro atoms. The van der Waals surface area contributed by atoms with E-state index in [4.69, 9.17) is 17.0 Å². The molecular weight excluding hydrogens is 496 g/mol. The van der Waals surface area contributed by atoms with Crippen molar-refractivity contribution >= 4 is 38.9 Å². The topological polar surface area (TPSA) is 42.3 Å². The van der Waals surface area contributed by atoms with Gasteiger partial charge in [0.25, 0.3) is 0 Å². The van der Waals surface area contributed by atoms with E-state index in [0.717, 1.165) is 33.0 Å². The fourth-order valence-corrected chi connectivity index (χ4v) is 4.89. The zero-order chi connectivity index (χ0) is 22.8. The van der Waals surface area contributed by atoms with Crippen LogP contribution in [0.1, 0.15) is 30.4 Å². The van der Waals surface area contributed by atoms with Gasteiger partial charge in [-0.25, -0.2) is 0 Å². The number of rotatable bonds is 6. The van der Waals surface area contributed by atoms with Gasteiger partial charge in [0.15, 0.2) is 5.11 Å². The maximum atomic E-state index is 5.85. The summed E-state index contributed by atoms with van der Waals surface area (Å²) in [6.45, 7) is 2.62. The van der Waals surface area contributed by atoms with Gasteiger partial charge >= 0.3 is 0 Å². The molecule has 33 heavy (non-hydrogen) atoms. The zero-order valence-electron chi connectivity index (χ0n) is 18.1. The van der Waals surface area contributed by atoms with E-state index >= 15 is 0 Å². The second-order valence-corrected chi connectivity index (χ2v) is 9.01. The molecule has 0 unspecified atom stereocenters. The van der Waals surface area contributed by atoms with Gasteiger partial charge in [0.1, 0.15) is 11.8 Å². The van der Waals surface area contributed by atoms with Crippen LogP contribution in [0.5, 0.6) is 5.75 Å². The Balaban J connectivity index is 1.62. The predicted octanol–water partition coefficient (Wildman–Crippen LogP) is 6.21. The van der Waals surface area contributed by atoms with E-state index in [1.165, 1.54) is 0 Å². The highest BCUT2D eigenvalue weighted by molar-refractivity contribution is 9.10. The van der Waals surface area contributed by atoms with Crippen LogP contribution in [-0.4, -0.2) is 21.3 Å². The summed E-state index contributed by atoms with van der Waals surface area (Å²) in [6.07, 6.45) is 3.91. The monoisotopic (exact) mass is 518 g/mol. The minimum atomic E-state index is -0.102. The summed E-state index contributed by atoms with van der Waals surface area (Å²) in [5, 5.41) is 4.20. The smallest absolute Gasteiger partial charge is 0.174 e. The van der Waals surface area contributed by atoms with Crippen molar-refractivity contribution < 1.29 is 4.74 Å². The lowest BCUT2D eigenvalue weighted by Crippen LogP contribution is -2.30. The third-order valence-corrected chi connectivity index (χ3v) is 6.56. The second-order valence-electron chi connectivity index (χ2n) is 7.70. The average Bonchev–Trinajstić information content (AvgIpc) is 3.45. The Morgan fingerprint density at radius 3 is 2.42 bits per heavy atom. The Morgan fingerprint density at radius 2 is 1.73 bits per heavy atom. The van der Waals surface area contributed by atoms with Gasteiger partial charge in [-0.2, -0.15) is 0 Å². The number of anilines is 1. The summed E-state index contributed by atoms with van der Waals surface area (Å²) in [7, 11) is 0. The molecule has 4 aromatic rings. The maximum absolute atomic E-state index is 5.85. The third-order valence-electron chi connectivity index (χ3n) is 5.71. The van der Waals surface area contributed by atoms with Gasteiger partial charge in [0.05, 0.1) is 18.3 Å². The van der Waals surface area contributed by atoms with Crippen LogP contribution in [0.2, 0.25) is 0 Å². The van der Waals surface area contributed by atoms with Gasteiger partial charge in [-0.3, -0.25) is 4.98 Å². The molecule has 2 aromatic carbocycles. The Hall–Kier alpha value is -3.16. The van der Waals surface area contributed by atoms with Crippen LogP contribution in [0.4, 0.5) is 5.69 Å². The maximum Gasteiger partial charge on any atom is 0.174 e. The molecule has 0 saturated carbocycles. The first-order valence-corrected chi connectivity index (χ1v) is 12.0. The van der Waals surface area contributed by atoms with Crippen LogP contribution in [0.25, 0.3) is 5.69 Å². The molecule has 2 atom stereocenters. The Morgan fingerprint density at radius 1 is 0.970 bits per heavy atom. The summed E-state index contributed by atoms with van der Waals surface area (Å²) >= 11 is 9.39. The number of nitrogens with one attached hydrogen (secondary N) is 1. The first-order chi connectivity index (χ1) is 16.2. The van der Waals surface area contributed by atoms with Crippen LogP contribution in [0, 0.1) is 0 Å². The number of ether oxygens (including phenoxy) is 1. The fraction of sp³-hybridized carbons (Fsp3) is 0.154. The Kier molecular flexibility index (Phi) is 6.15. The van der Waals surface area contributed by atoms with Gasteiger partial charge in [0, 0.05) is 33.9 Å². The molecule has 0 radical (unpaired) electrons. The van der Waals surface area contributed by atoms with Crippen molar-refractivity contribution in [2.24, 2.45) is 0 Å². The van der Waals surface area contributed by atoms with Gasteiger partial charge < -0.3 is 19.5 Å². The van der Waals surface area contributed by atoms with Crippen molar-refractivity contribution in [1.29, 1.82) is 0 Å². The number of halogens is 1. The van der Waals surface area contributed by atoms with E-state index in [2.05, 4.69) is 90.4 Å². The highest BCUT2D eigenvalue weighted by Crippen LogP contribution is 2.42. The molecule has 3 heterocycles. The lowest BCUT2D eigenvalue weighted by atomic mass is 10.0. The Bertz CT molecular complexity index is 1240. The number of benzene rings is 2. The molecule has 166 valence electrons. The van der Waals surface area contributed by atoms with Crippen LogP contribution < -0.4 is 15.0 Å². The van der Waals surface area contributed by atoms with Gasteiger partial charge in [-0.1, -0.05) is 22.0 Å². The molecule has 1 aliphatic rings. The number of pyridine rings is 1. The van der Waals surface area contributed by atoms with Crippen LogP contribution in [0.3, 0.4) is 0 Å². The van der Waals surface area contributed by atoms with E-state index in [1.54, 1.807) is 0 Å². The van der Waals surface area contributed by atoms with Gasteiger partial charge in [-0.05, 0) is 91.9 Å². The molecule has 1 fully saturated rings. The van der Waals surface area contributed by atoms with Crippen molar-refractivity contribution in [1.82, 2.24) is 14.9 Å². The summed E-state index contributed by atoms with van der Waals surface area (Å²) in [5.74, 6) is 0.843. The van der Waals surface area contributed by atoms with Crippen molar-refractivity contribution in [2.45, 2.75) is 19.0 Å². The summed E-state index contributed by atoms with van der Waals surface area (Å²) in [6, 6.07) is 26.4. The molecule has 7 heteroatoms. The summed E-state index contributed by atoms with van der Waals surface area (Å²) < 4.78 is 8.90. The summed E-state index contributed by atoms with van der Waals surface area (Å²) in [5.41, 5.74) is 4.15. The van der Waals surface area contributed by atoms with E-state index in [-0.39, 0.29) is 12.1 Å². The molecule has 0 aliphatic carbocycles. The minimum absolute atomic E-state index is 0.0935. The third kappa shape index (κ3) is 4.26. The number of thiocarbonyl (C=S) groups is 1. The molecular formula is C26H23BrN4OS. The van der Waals surface area contributed by atoms with Crippen molar-refractivity contribution in [3.05, 3.63) is 107 Å². The highest BCUT2D eigenvalue weighted by atomic mass is 79.9. The normalized spacial score (nSPS) is 17.8. The molecule has 1 N–H and O–H groups in total. The van der Waals surface area contributed by atoms with Gasteiger partial charge in [0.2, 0.25) is 0 Å². The zero-order valence-corrected chi connectivity index (χ0v) is 20.5. The van der Waals surface area contributed by atoms with E-state index in [0.29, 0.717) is 11.7 Å².